The normalized spacial score (nSPS) is 20.8. The van der Waals surface area contributed by atoms with Crippen LogP contribution in [-0.4, -0.2) is 36.8 Å². The van der Waals surface area contributed by atoms with Crippen molar-refractivity contribution in [2.24, 2.45) is 5.41 Å². The molecule has 0 N–H and O–H groups in total. The molecule has 0 aromatic heterocycles. The van der Waals surface area contributed by atoms with Gasteiger partial charge in [-0.15, -0.1) is 0 Å². The lowest BCUT2D eigenvalue weighted by molar-refractivity contribution is -0.114. The maximum absolute atomic E-state index is 14.1. The van der Waals surface area contributed by atoms with E-state index in [0.717, 1.165) is 12.8 Å². The van der Waals surface area contributed by atoms with E-state index in [1.807, 2.05) is 0 Å². The number of halogens is 2. The van der Waals surface area contributed by atoms with Gasteiger partial charge in [-0.2, -0.15) is 0 Å². The summed E-state index contributed by atoms with van der Waals surface area (Å²) in [7, 11) is 0. The van der Waals surface area contributed by atoms with Gasteiger partial charge in [0.15, 0.2) is 0 Å². The zero-order chi connectivity index (χ0) is 15.0. The minimum absolute atomic E-state index is 0.124. The van der Waals surface area contributed by atoms with Crippen molar-refractivity contribution in [1.29, 1.82) is 0 Å². The zero-order valence-electron chi connectivity index (χ0n) is 11.4. The summed E-state index contributed by atoms with van der Waals surface area (Å²) in [5.41, 5.74) is 0.106. The highest BCUT2D eigenvalue weighted by atomic mass is 79.9. The molecule has 2 aliphatic rings. The van der Waals surface area contributed by atoms with Crippen molar-refractivity contribution >= 4 is 33.3 Å². The molecule has 4 nitrogen and oxygen atoms in total. The lowest BCUT2D eigenvalue weighted by atomic mass is 9.82. The van der Waals surface area contributed by atoms with Gasteiger partial charge in [0.25, 0.3) is 11.7 Å². The quantitative estimate of drug-likeness (QED) is 0.618. The number of carbonyl (C=O) groups excluding carboxylic acids is 2. The van der Waals surface area contributed by atoms with Crippen LogP contribution >= 0.6 is 15.9 Å². The first kappa shape index (κ1) is 14.7. The summed E-state index contributed by atoms with van der Waals surface area (Å²) in [5.74, 6) is -1.79. The van der Waals surface area contributed by atoms with E-state index in [1.165, 1.54) is 23.1 Å². The highest BCUT2D eigenvalue weighted by molar-refractivity contribution is 9.09. The van der Waals surface area contributed by atoms with E-state index >= 15 is 0 Å². The van der Waals surface area contributed by atoms with Crippen LogP contribution in [0.25, 0.3) is 0 Å². The summed E-state index contributed by atoms with van der Waals surface area (Å²) in [5, 5.41) is 0.686. The number of nitrogens with zero attached hydrogens (tertiary/aromatic N) is 1. The number of benzene rings is 1. The van der Waals surface area contributed by atoms with Crippen LogP contribution in [0.2, 0.25) is 0 Å². The summed E-state index contributed by atoms with van der Waals surface area (Å²) in [6.45, 7) is 1.57. The Hall–Kier alpha value is -1.27. The van der Waals surface area contributed by atoms with E-state index in [0.29, 0.717) is 25.1 Å². The van der Waals surface area contributed by atoms with Gasteiger partial charge >= 0.3 is 0 Å². The molecule has 1 amide bonds. The molecule has 2 heterocycles. The van der Waals surface area contributed by atoms with Crippen LogP contribution < -0.4 is 4.90 Å². The highest BCUT2D eigenvalue weighted by Crippen LogP contribution is 2.39. The molecule has 1 fully saturated rings. The predicted octanol–water partition coefficient (Wildman–Crippen LogP) is 2.55. The molecule has 1 aromatic carbocycles. The van der Waals surface area contributed by atoms with Gasteiger partial charge in [-0.3, -0.25) is 9.59 Å². The first-order chi connectivity index (χ1) is 10.1. The molecule has 0 saturated carbocycles. The van der Waals surface area contributed by atoms with Crippen molar-refractivity contribution in [3.63, 3.8) is 0 Å². The number of carbonyl (C=O) groups is 2. The largest absolute Gasteiger partial charge is 0.381 e. The molecule has 0 spiro atoms. The highest BCUT2D eigenvalue weighted by Gasteiger charge is 2.43. The van der Waals surface area contributed by atoms with Crippen LogP contribution in [0.5, 0.6) is 0 Å². The van der Waals surface area contributed by atoms with Crippen molar-refractivity contribution in [2.45, 2.75) is 12.8 Å². The lowest BCUT2D eigenvalue weighted by Gasteiger charge is -2.38. The first-order valence-electron chi connectivity index (χ1n) is 6.86. The second kappa shape index (κ2) is 5.50. The molecule has 2 aliphatic heterocycles. The topological polar surface area (TPSA) is 46.6 Å². The summed E-state index contributed by atoms with van der Waals surface area (Å²) >= 11 is 3.50. The number of para-hydroxylation sites is 1. The van der Waals surface area contributed by atoms with E-state index in [1.54, 1.807) is 0 Å². The first-order valence-corrected chi connectivity index (χ1v) is 7.98. The molecule has 3 rings (SSSR count). The molecule has 0 atom stereocenters. The number of hydrogen-bond donors (Lipinski definition) is 0. The second-order valence-electron chi connectivity index (χ2n) is 5.60. The van der Waals surface area contributed by atoms with Crippen LogP contribution in [0, 0.1) is 11.2 Å². The molecule has 0 bridgehead atoms. The summed E-state index contributed by atoms with van der Waals surface area (Å²) in [6, 6.07) is 4.24. The molecule has 0 radical (unpaired) electrons. The van der Waals surface area contributed by atoms with Gasteiger partial charge in [-0.1, -0.05) is 22.0 Å². The number of alkyl halides is 1. The van der Waals surface area contributed by atoms with E-state index in [9.17, 15) is 14.0 Å². The Balaban J connectivity index is 1.96. The van der Waals surface area contributed by atoms with Crippen molar-refractivity contribution in [3.8, 4) is 0 Å². The molecule has 21 heavy (non-hydrogen) atoms. The number of ether oxygens (including phenoxy) is 1. The second-order valence-corrected chi connectivity index (χ2v) is 6.16. The van der Waals surface area contributed by atoms with Crippen LogP contribution in [0.4, 0.5) is 10.1 Å². The fraction of sp³-hybridized carbons (Fsp3) is 0.467. The van der Waals surface area contributed by atoms with Crippen LogP contribution in [0.3, 0.4) is 0 Å². The minimum atomic E-state index is -0.637. The average molecular weight is 356 g/mol. The Morgan fingerprint density at radius 3 is 2.67 bits per heavy atom. The van der Waals surface area contributed by atoms with E-state index in [-0.39, 0.29) is 16.7 Å². The van der Waals surface area contributed by atoms with Gasteiger partial charge in [-0.05, 0) is 25.0 Å². The third kappa shape index (κ3) is 2.40. The number of anilines is 1. The zero-order valence-corrected chi connectivity index (χ0v) is 13.0. The molecule has 1 aromatic rings. The Morgan fingerprint density at radius 1 is 1.29 bits per heavy atom. The Kier molecular flexibility index (Phi) is 3.84. The predicted molar refractivity (Wildman–Crippen MR) is 79.4 cm³/mol. The van der Waals surface area contributed by atoms with Crippen LogP contribution in [0.15, 0.2) is 18.2 Å². The van der Waals surface area contributed by atoms with Crippen molar-refractivity contribution in [1.82, 2.24) is 0 Å². The number of rotatable bonds is 3. The molecule has 0 unspecified atom stereocenters. The third-order valence-electron chi connectivity index (χ3n) is 4.27. The Bertz CT molecular complexity index is 599. The van der Waals surface area contributed by atoms with E-state index < -0.39 is 17.5 Å². The Labute approximate surface area is 130 Å². The van der Waals surface area contributed by atoms with Gasteiger partial charge in [0.1, 0.15) is 5.82 Å². The fourth-order valence-electron chi connectivity index (χ4n) is 2.94. The molecule has 6 heteroatoms. The van der Waals surface area contributed by atoms with E-state index in [4.69, 9.17) is 4.74 Å². The van der Waals surface area contributed by atoms with Gasteiger partial charge in [-0.25, -0.2) is 4.39 Å². The minimum Gasteiger partial charge on any atom is -0.381 e. The van der Waals surface area contributed by atoms with E-state index in [2.05, 4.69) is 15.9 Å². The van der Waals surface area contributed by atoms with Crippen LogP contribution in [-0.2, 0) is 9.53 Å². The SMILES string of the molecule is O=C1C(=O)N(CC2(CBr)CCOCC2)c2c(F)cccc21. The number of hydrogen-bond acceptors (Lipinski definition) is 3. The molecule has 1 saturated heterocycles. The molecular formula is C15H15BrFNO3. The summed E-state index contributed by atoms with van der Waals surface area (Å²) in [4.78, 5) is 25.5. The van der Waals surface area contributed by atoms with Gasteiger partial charge in [0.2, 0.25) is 0 Å². The van der Waals surface area contributed by atoms with Crippen molar-refractivity contribution < 1.29 is 18.7 Å². The average Bonchev–Trinajstić information content (AvgIpc) is 2.75. The molecular weight excluding hydrogens is 341 g/mol. The fourth-order valence-corrected chi connectivity index (χ4v) is 3.67. The molecule has 0 aliphatic carbocycles. The van der Waals surface area contributed by atoms with Crippen LogP contribution in [0.1, 0.15) is 23.2 Å². The smallest absolute Gasteiger partial charge is 0.299 e. The summed E-state index contributed by atoms with van der Waals surface area (Å²) < 4.78 is 19.5. The number of fused-ring (bicyclic) bond motifs is 1. The molecule has 112 valence electrons. The third-order valence-corrected chi connectivity index (χ3v) is 5.46. The summed E-state index contributed by atoms with van der Waals surface area (Å²) in [6.07, 6.45) is 1.56. The van der Waals surface area contributed by atoms with Crippen molar-refractivity contribution in [3.05, 3.63) is 29.6 Å². The monoisotopic (exact) mass is 355 g/mol. The maximum atomic E-state index is 14.1. The van der Waals surface area contributed by atoms with Gasteiger partial charge in [0.05, 0.1) is 11.3 Å². The number of amides is 1. The lowest BCUT2D eigenvalue weighted by Crippen LogP contribution is -2.45. The number of Topliss-reactive ketones (excluding diaryl/α,β-unsaturated/α-hetero) is 1. The van der Waals surface area contributed by atoms with Gasteiger partial charge < -0.3 is 9.64 Å². The standard InChI is InChI=1S/C15H15BrFNO3/c16-8-15(4-6-21-7-5-15)9-18-12-10(13(19)14(18)20)2-1-3-11(12)17/h1-3H,4-9H2. The maximum Gasteiger partial charge on any atom is 0.299 e. The van der Waals surface area contributed by atoms with Crippen molar-refractivity contribution in [2.75, 3.05) is 30.0 Å². The number of ketones is 1. The van der Waals surface area contributed by atoms with Gasteiger partial charge in [0, 0.05) is 30.5 Å². The Morgan fingerprint density at radius 2 is 2.00 bits per heavy atom.